The first-order chi connectivity index (χ1) is 8.69. The fraction of sp³-hybridized carbons (Fsp3) is 0.571. The number of alkyl halides is 2. The molecule has 1 unspecified atom stereocenters. The Balaban J connectivity index is 1.92. The minimum atomic E-state index is -2.37. The van der Waals surface area contributed by atoms with Gasteiger partial charge in [0.2, 0.25) is 0 Å². The van der Waals surface area contributed by atoms with Crippen LogP contribution in [0.5, 0.6) is 0 Å². The summed E-state index contributed by atoms with van der Waals surface area (Å²) < 4.78 is 24.9. The van der Waals surface area contributed by atoms with Crippen molar-refractivity contribution in [1.82, 2.24) is 10.2 Å². The van der Waals surface area contributed by atoms with E-state index in [4.69, 9.17) is 0 Å². The Bertz CT molecular complexity index is 365. The van der Waals surface area contributed by atoms with Crippen LogP contribution in [0.25, 0.3) is 0 Å². The van der Waals surface area contributed by atoms with Crippen molar-refractivity contribution >= 4 is 0 Å². The highest BCUT2D eigenvalue weighted by molar-refractivity contribution is 5.23. The third kappa shape index (κ3) is 3.50. The maximum absolute atomic E-state index is 12.4. The number of hydrogen-bond donors (Lipinski definition) is 1. The fourth-order valence-corrected chi connectivity index (χ4v) is 2.46. The predicted octanol–water partition coefficient (Wildman–Crippen LogP) is 2.81. The molecule has 0 saturated carbocycles. The van der Waals surface area contributed by atoms with Gasteiger partial charge in [-0.2, -0.15) is 0 Å². The van der Waals surface area contributed by atoms with E-state index in [1.807, 2.05) is 19.2 Å². The molecule has 4 heteroatoms. The number of likely N-dealkylation sites (tertiary alicyclic amines) is 1. The van der Waals surface area contributed by atoms with Gasteiger partial charge in [0.05, 0.1) is 0 Å². The standard InChI is InChI=1S/C14H20F2N2/c1-17-13-3-2-8-18(10-13)9-11-4-6-12(7-5-11)14(15)16/h4-7,13-14,17H,2-3,8-10H2,1H3. The minimum absolute atomic E-state index is 0.102. The number of nitrogens with zero attached hydrogens (tertiary/aromatic N) is 1. The molecule has 1 N–H and O–H groups in total. The lowest BCUT2D eigenvalue weighted by molar-refractivity contribution is 0.151. The average molecular weight is 254 g/mol. The van der Waals surface area contributed by atoms with Crippen molar-refractivity contribution in [3.8, 4) is 0 Å². The lowest BCUT2D eigenvalue weighted by atomic mass is 10.0. The topological polar surface area (TPSA) is 15.3 Å². The van der Waals surface area contributed by atoms with E-state index < -0.39 is 6.43 Å². The molecular formula is C14H20F2N2. The highest BCUT2D eigenvalue weighted by atomic mass is 19.3. The Morgan fingerprint density at radius 1 is 1.33 bits per heavy atom. The maximum atomic E-state index is 12.4. The fourth-order valence-electron chi connectivity index (χ4n) is 2.46. The molecule has 18 heavy (non-hydrogen) atoms. The molecule has 0 radical (unpaired) electrons. The molecule has 0 aliphatic carbocycles. The lowest BCUT2D eigenvalue weighted by Crippen LogP contribution is -2.43. The van der Waals surface area contributed by atoms with Crippen LogP contribution in [-0.2, 0) is 6.54 Å². The molecule has 0 bridgehead atoms. The van der Waals surface area contributed by atoms with Crippen LogP contribution < -0.4 is 5.32 Å². The lowest BCUT2D eigenvalue weighted by Gasteiger charge is -2.32. The van der Waals surface area contributed by atoms with Crippen molar-refractivity contribution < 1.29 is 8.78 Å². The van der Waals surface area contributed by atoms with Crippen LogP contribution in [0.2, 0.25) is 0 Å². The zero-order valence-electron chi connectivity index (χ0n) is 10.7. The number of hydrogen-bond acceptors (Lipinski definition) is 2. The van der Waals surface area contributed by atoms with Crippen LogP contribution in [0.4, 0.5) is 8.78 Å². The third-order valence-electron chi connectivity index (χ3n) is 3.55. The molecule has 1 aliphatic heterocycles. The Kier molecular flexibility index (Phi) is 4.66. The second-order valence-electron chi connectivity index (χ2n) is 4.91. The summed E-state index contributed by atoms with van der Waals surface area (Å²) in [5.74, 6) is 0. The third-order valence-corrected chi connectivity index (χ3v) is 3.55. The Hall–Kier alpha value is -1.00. The molecule has 1 aliphatic rings. The van der Waals surface area contributed by atoms with Gasteiger partial charge in [-0.3, -0.25) is 4.90 Å². The second kappa shape index (κ2) is 6.25. The number of likely N-dealkylation sites (N-methyl/N-ethyl adjacent to an activating group) is 1. The molecule has 1 aromatic rings. The van der Waals surface area contributed by atoms with Gasteiger partial charge in [0, 0.05) is 24.7 Å². The van der Waals surface area contributed by atoms with Crippen LogP contribution >= 0.6 is 0 Å². The van der Waals surface area contributed by atoms with Crippen molar-refractivity contribution in [3.63, 3.8) is 0 Å². The summed E-state index contributed by atoms with van der Waals surface area (Å²) in [7, 11) is 1.99. The zero-order chi connectivity index (χ0) is 13.0. The van der Waals surface area contributed by atoms with E-state index in [0.717, 1.165) is 25.2 Å². The summed E-state index contributed by atoms with van der Waals surface area (Å²) in [6, 6.07) is 7.23. The highest BCUT2D eigenvalue weighted by Crippen LogP contribution is 2.20. The van der Waals surface area contributed by atoms with Crippen LogP contribution in [0.15, 0.2) is 24.3 Å². The van der Waals surface area contributed by atoms with Gasteiger partial charge in [-0.15, -0.1) is 0 Å². The number of rotatable bonds is 4. The van der Waals surface area contributed by atoms with Gasteiger partial charge in [-0.05, 0) is 32.0 Å². The van der Waals surface area contributed by atoms with E-state index in [1.54, 1.807) is 0 Å². The Morgan fingerprint density at radius 2 is 2.06 bits per heavy atom. The maximum Gasteiger partial charge on any atom is 0.263 e. The van der Waals surface area contributed by atoms with Gasteiger partial charge in [0.1, 0.15) is 0 Å². The minimum Gasteiger partial charge on any atom is -0.316 e. The molecule has 0 amide bonds. The van der Waals surface area contributed by atoms with E-state index in [0.29, 0.717) is 6.04 Å². The monoisotopic (exact) mass is 254 g/mol. The SMILES string of the molecule is CNC1CCCN(Cc2ccc(C(F)F)cc2)C1. The summed E-state index contributed by atoms with van der Waals surface area (Å²) in [4.78, 5) is 2.38. The second-order valence-corrected chi connectivity index (χ2v) is 4.91. The smallest absolute Gasteiger partial charge is 0.263 e. The van der Waals surface area contributed by atoms with Gasteiger partial charge in [0.25, 0.3) is 6.43 Å². The van der Waals surface area contributed by atoms with Crippen LogP contribution in [0.1, 0.15) is 30.4 Å². The molecule has 0 spiro atoms. The van der Waals surface area contributed by atoms with Gasteiger partial charge in [0.15, 0.2) is 0 Å². The van der Waals surface area contributed by atoms with E-state index in [1.165, 1.54) is 25.0 Å². The number of piperidine rings is 1. The van der Waals surface area contributed by atoms with Crippen molar-refractivity contribution in [1.29, 1.82) is 0 Å². The predicted molar refractivity (Wildman–Crippen MR) is 68.8 cm³/mol. The van der Waals surface area contributed by atoms with Crippen molar-refractivity contribution in [2.75, 3.05) is 20.1 Å². The summed E-state index contributed by atoms with van der Waals surface area (Å²) in [5.41, 5.74) is 1.21. The first-order valence-corrected chi connectivity index (χ1v) is 6.45. The molecule has 1 atom stereocenters. The molecular weight excluding hydrogens is 234 g/mol. The first kappa shape index (κ1) is 13.4. The van der Waals surface area contributed by atoms with Crippen molar-refractivity contribution in [3.05, 3.63) is 35.4 Å². The van der Waals surface area contributed by atoms with Gasteiger partial charge >= 0.3 is 0 Å². The van der Waals surface area contributed by atoms with Gasteiger partial charge < -0.3 is 5.32 Å². The summed E-state index contributed by atoms with van der Waals surface area (Å²) in [6.07, 6.45) is 0.0421. The van der Waals surface area contributed by atoms with Crippen molar-refractivity contribution in [2.45, 2.75) is 31.9 Å². The summed E-state index contributed by atoms with van der Waals surface area (Å²) in [5, 5.41) is 3.30. The Labute approximate surface area is 107 Å². The summed E-state index contributed by atoms with van der Waals surface area (Å²) >= 11 is 0. The number of benzene rings is 1. The highest BCUT2D eigenvalue weighted by Gasteiger charge is 2.18. The Morgan fingerprint density at radius 3 is 2.67 bits per heavy atom. The number of nitrogens with one attached hydrogen (secondary N) is 1. The molecule has 2 rings (SSSR count). The summed E-state index contributed by atoms with van der Waals surface area (Å²) in [6.45, 7) is 2.98. The molecule has 1 aromatic carbocycles. The quantitative estimate of drug-likeness (QED) is 0.889. The molecule has 1 heterocycles. The molecule has 1 saturated heterocycles. The van der Waals surface area contributed by atoms with E-state index >= 15 is 0 Å². The molecule has 2 nitrogen and oxygen atoms in total. The van der Waals surface area contributed by atoms with Crippen LogP contribution in [-0.4, -0.2) is 31.1 Å². The molecule has 0 aromatic heterocycles. The average Bonchev–Trinajstić information content (AvgIpc) is 2.39. The normalized spacial score (nSPS) is 21.4. The van der Waals surface area contributed by atoms with E-state index in [2.05, 4.69) is 10.2 Å². The van der Waals surface area contributed by atoms with Crippen molar-refractivity contribution in [2.24, 2.45) is 0 Å². The van der Waals surface area contributed by atoms with Gasteiger partial charge in [-0.1, -0.05) is 24.3 Å². The largest absolute Gasteiger partial charge is 0.316 e. The molecule has 1 fully saturated rings. The van der Waals surface area contributed by atoms with E-state index in [-0.39, 0.29) is 5.56 Å². The molecule has 100 valence electrons. The number of halogens is 2. The van der Waals surface area contributed by atoms with Gasteiger partial charge in [-0.25, -0.2) is 8.78 Å². The zero-order valence-corrected chi connectivity index (χ0v) is 10.7. The van der Waals surface area contributed by atoms with Crippen LogP contribution in [0, 0.1) is 0 Å². The van der Waals surface area contributed by atoms with E-state index in [9.17, 15) is 8.78 Å². The first-order valence-electron chi connectivity index (χ1n) is 6.45. The van der Waals surface area contributed by atoms with Crippen LogP contribution in [0.3, 0.4) is 0 Å².